The quantitative estimate of drug-likeness (QED) is 0.853. The average Bonchev–Trinajstić information content (AvgIpc) is 2.85. The smallest absolute Gasteiger partial charge is 0.358 e. The molecular formula is C15H19NO4. The molecule has 1 heterocycles. The molecule has 0 atom stereocenters. The monoisotopic (exact) mass is 277 g/mol. The van der Waals surface area contributed by atoms with Crippen LogP contribution in [0, 0.1) is 6.92 Å². The van der Waals surface area contributed by atoms with Crippen molar-refractivity contribution in [2.45, 2.75) is 20.3 Å². The van der Waals surface area contributed by atoms with Gasteiger partial charge >= 0.3 is 5.97 Å². The lowest BCUT2D eigenvalue weighted by Crippen LogP contribution is -2.05. The molecule has 0 radical (unpaired) electrons. The van der Waals surface area contributed by atoms with Gasteiger partial charge in [-0.05, 0) is 25.0 Å². The van der Waals surface area contributed by atoms with E-state index in [2.05, 4.69) is 4.98 Å². The number of methoxy groups -OCH3 is 2. The minimum atomic E-state index is -0.450. The summed E-state index contributed by atoms with van der Waals surface area (Å²) in [6.07, 6.45) is 0.849. The summed E-state index contributed by atoms with van der Waals surface area (Å²) in [6, 6.07) is 3.80. The van der Waals surface area contributed by atoms with Gasteiger partial charge in [-0.3, -0.25) is 0 Å². The SMILES string of the molecule is CCCOc1c(C(=O)OC)[nH]c2c(C)ccc(OC)c12. The maximum atomic E-state index is 11.9. The second kappa shape index (κ2) is 5.86. The molecule has 1 aromatic carbocycles. The Balaban J connectivity index is 2.72. The van der Waals surface area contributed by atoms with Gasteiger partial charge in [0.1, 0.15) is 5.75 Å². The van der Waals surface area contributed by atoms with Crippen LogP contribution < -0.4 is 9.47 Å². The Labute approximate surface area is 117 Å². The van der Waals surface area contributed by atoms with E-state index in [4.69, 9.17) is 14.2 Å². The van der Waals surface area contributed by atoms with Crippen molar-refractivity contribution in [2.24, 2.45) is 0 Å². The van der Waals surface area contributed by atoms with Crippen molar-refractivity contribution in [3.05, 3.63) is 23.4 Å². The van der Waals surface area contributed by atoms with E-state index in [0.717, 1.165) is 22.9 Å². The molecule has 0 unspecified atom stereocenters. The number of H-pyrrole nitrogens is 1. The van der Waals surface area contributed by atoms with Gasteiger partial charge in [-0.1, -0.05) is 13.0 Å². The van der Waals surface area contributed by atoms with Gasteiger partial charge in [0.15, 0.2) is 11.4 Å². The standard InChI is InChI=1S/C15H19NO4/c1-5-8-20-14-11-10(18-3)7-6-9(2)12(11)16-13(14)15(17)19-4/h6-7,16H,5,8H2,1-4H3. The largest absolute Gasteiger partial charge is 0.496 e. The first-order valence-corrected chi connectivity index (χ1v) is 6.54. The van der Waals surface area contributed by atoms with Gasteiger partial charge in [0, 0.05) is 0 Å². The first-order chi connectivity index (χ1) is 9.63. The van der Waals surface area contributed by atoms with Crippen LogP contribution in [0.5, 0.6) is 11.5 Å². The van der Waals surface area contributed by atoms with E-state index in [9.17, 15) is 4.79 Å². The number of benzene rings is 1. The van der Waals surface area contributed by atoms with Crippen molar-refractivity contribution >= 4 is 16.9 Å². The van der Waals surface area contributed by atoms with E-state index < -0.39 is 5.97 Å². The maximum Gasteiger partial charge on any atom is 0.358 e. The molecule has 1 N–H and O–H groups in total. The van der Waals surface area contributed by atoms with Gasteiger partial charge in [-0.25, -0.2) is 4.79 Å². The number of carbonyl (C=O) groups is 1. The van der Waals surface area contributed by atoms with E-state index in [1.165, 1.54) is 7.11 Å². The molecule has 0 spiro atoms. The van der Waals surface area contributed by atoms with Crippen molar-refractivity contribution in [3.63, 3.8) is 0 Å². The summed E-state index contributed by atoms with van der Waals surface area (Å²) in [5.41, 5.74) is 2.16. The third-order valence-corrected chi connectivity index (χ3v) is 3.14. The zero-order valence-electron chi connectivity index (χ0n) is 12.2. The number of nitrogens with one attached hydrogen (secondary N) is 1. The Bertz CT molecular complexity index is 630. The van der Waals surface area contributed by atoms with Crippen molar-refractivity contribution in [3.8, 4) is 11.5 Å². The highest BCUT2D eigenvalue weighted by Crippen LogP contribution is 2.39. The van der Waals surface area contributed by atoms with Crippen LogP contribution in [0.15, 0.2) is 12.1 Å². The van der Waals surface area contributed by atoms with E-state index in [-0.39, 0.29) is 0 Å². The van der Waals surface area contributed by atoms with Crippen LogP contribution in [0.3, 0.4) is 0 Å². The molecule has 1 aromatic heterocycles. The van der Waals surface area contributed by atoms with Crippen molar-refractivity contribution in [1.82, 2.24) is 4.98 Å². The van der Waals surface area contributed by atoms with Crippen LogP contribution in [-0.2, 0) is 4.74 Å². The fourth-order valence-electron chi connectivity index (χ4n) is 2.15. The lowest BCUT2D eigenvalue weighted by molar-refractivity contribution is 0.0590. The van der Waals surface area contributed by atoms with E-state index >= 15 is 0 Å². The lowest BCUT2D eigenvalue weighted by Gasteiger charge is -2.08. The number of esters is 1. The Kier molecular flexibility index (Phi) is 4.17. The van der Waals surface area contributed by atoms with Gasteiger partial charge in [0.2, 0.25) is 0 Å². The summed E-state index contributed by atoms with van der Waals surface area (Å²) in [5.74, 6) is 0.714. The number of aromatic amines is 1. The first-order valence-electron chi connectivity index (χ1n) is 6.54. The number of hydrogen-bond donors (Lipinski definition) is 1. The molecule has 0 amide bonds. The topological polar surface area (TPSA) is 60.5 Å². The molecule has 20 heavy (non-hydrogen) atoms. The average molecular weight is 277 g/mol. The summed E-state index contributed by atoms with van der Waals surface area (Å²) in [5, 5.41) is 0.779. The van der Waals surface area contributed by atoms with E-state index in [0.29, 0.717) is 23.8 Å². The summed E-state index contributed by atoms with van der Waals surface area (Å²) >= 11 is 0. The molecule has 0 aliphatic heterocycles. The zero-order valence-corrected chi connectivity index (χ0v) is 12.2. The van der Waals surface area contributed by atoms with Crippen molar-refractivity contribution in [1.29, 1.82) is 0 Å². The predicted octanol–water partition coefficient (Wildman–Crippen LogP) is 3.06. The highest BCUT2D eigenvalue weighted by Gasteiger charge is 2.23. The van der Waals surface area contributed by atoms with Crippen LogP contribution in [0.25, 0.3) is 10.9 Å². The molecular weight excluding hydrogens is 258 g/mol. The number of aromatic nitrogens is 1. The molecule has 0 fully saturated rings. The third kappa shape index (κ3) is 2.31. The molecule has 0 bridgehead atoms. The number of ether oxygens (including phenoxy) is 3. The summed E-state index contributed by atoms with van der Waals surface area (Å²) in [7, 11) is 2.94. The number of hydrogen-bond acceptors (Lipinski definition) is 4. The Morgan fingerprint density at radius 3 is 2.65 bits per heavy atom. The summed E-state index contributed by atoms with van der Waals surface area (Å²) in [4.78, 5) is 15.0. The number of carbonyl (C=O) groups excluding carboxylic acids is 1. The van der Waals surface area contributed by atoms with Crippen LogP contribution in [0.2, 0.25) is 0 Å². The highest BCUT2D eigenvalue weighted by atomic mass is 16.5. The van der Waals surface area contributed by atoms with Crippen LogP contribution in [0.1, 0.15) is 29.4 Å². The second-order valence-corrected chi connectivity index (χ2v) is 4.50. The number of aryl methyl sites for hydroxylation is 1. The summed E-state index contributed by atoms with van der Waals surface area (Å²) in [6.45, 7) is 4.49. The van der Waals surface area contributed by atoms with Gasteiger partial charge in [0.25, 0.3) is 0 Å². The second-order valence-electron chi connectivity index (χ2n) is 4.50. The Morgan fingerprint density at radius 1 is 1.30 bits per heavy atom. The van der Waals surface area contributed by atoms with E-state index in [1.807, 2.05) is 26.0 Å². The molecule has 0 saturated carbocycles. The molecule has 108 valence electrons. The Hall–Kier alpha value is -2.17. The zero-order chi connectivity index (χ0) is 14.7. The fraction of sp³-hybridized carbons (Fsp3) is 0.400. The molecule has 5 heteroatoms. The van der Waals surface area contributed by atoms with Crippen LogP contribution in [0.4, 0.5) is 0 Å². The molecule has 0 saturated heterocycles. The first kappa shape index (κ1) is 14.2. The van der Waals surface area contributed by atoms with Gasteiger partial charge in [0.05, 0.1) is 31.7 Å². The van der Waals surface area contributed by atoms with Gasteiger partial charge in [-0.2, -0.15) is 0 Å². The van der Waals surface area contributed by atoms with Crippen LogP contribution >= 0.6 is 0 Å². The number of rotatable bonds is 5. The fourth-order valence-corrected chi connectivity index (χ4v) is 2.15. The molecule has 0 aliphatic rings. The van der Waals surface area contributed by atoms with Crippen molar-refractivity contribution < 1.29 is 19.0 Å². The minimum Gasteiger partial charge on any atom is -0.496 e. The summed E-state index contributed by atoms with van der Waals surface area (Å²) < 4.78 is 15.9. The van der Waals surface area contributed by atoms with Crippen molar-refractivity contribution in [2.75, 3.05) is 20.8 Å². The minimum absolute atomic E-state index is 0.323. The molecule has 0 aliphatic carbocycles. The Morgan fingerprint density at radius 2 is 2.05 bits per heavy atom. The maximum absolute atomic E-state index is 11.9. The highest BCUT2D eigenvalue weighted by molar-refractivity contribution is 6.04. The van der Waals surface area contributed by atoms with Gasteiger partial charge in [-0.15, -0.1) is 0 Å². The normalized spacial score (nSPS) is 10.6. The van der Waals surface area contributed by atoms with Crippen LogP contribution in [-0.4, -0.2) is 31.8 Å². The van der Waals surface area contributed by atoms with Gasteiger partial charge < -0.3 is 19.2 Å². The molecule has 2 rings (SSSR count). The molecule has 5 nitrogen and oxygen atoms in total. The predicted molar refractivity (Wildman–Crippen MR) is 76.7 cm³/mol. The lowest BCUT2D eigenvalue weighted by atomic mass is 10.1. The van der Waals surface area contributed by atoms with E-state index in [1.54, 1.807) is 7.11 Å². The number of fused-ring (bicyclic) bond motifs is 1. The third-order valence-electron chi connectivity index (χ3n) is 3.14. The molecule has 2 aromatic rings.